The van der Waals surface area contributed by atoms with E-state index < -0.39 is 17.7 Å². The lowest BCUT2D eigenvalue weighted by Crippen LogP contribution is -2.12. The standard InChI is InChI=1S/C13H14O7/c1-19-7-5-8(9(14)3-4-11(15)16)12(13(17)18)10(6-7)20-2/h5-6H,3-4H2,1-2H3,(H,15,16)(H,17,18). The third kappa shape index (κ3) is 3.47. The molecule has 1 aromatic rings. The van der Waals surface area contributed by atoms with E-state index in [9.17, 15) is 19.5 Å². The van der Waals surface area contributed by atoms with Crippen molar-refractivity contribution in [3.8, 4) is 11.5 Å². The molecule has 0 saturated carbocycles. The number of methoxy groups -OCH3 is 2. The SMILES string of the molecule is COc1cc(OC)c(C(=O)O)c(C(=O)CCC(=O)O)c1. The lowest BCUT2D eigenvalue weighted by atomic mass is 9.99. The van der Waals surface area contributed by atoms with E-state index in [1.54, 1.807) is 0 Å². The molecule has 20 heavy (non-hydrogen) atoms. The molecule has 0 bridgehead atoms. The average Bonchev–Trinajstić information content (AvgIpc) is 2.42. The number of aromatic carboxylic acids is 1. The number of carboxylic acid groups (broad SMARTS) is 2. The first-order valence-corrected chi connectivity index (χ1v) is 5.65. The molecule has 0 fully saturated rings. The summed E-state index contributed by atoms with van der Waals surface area (Å²) in [4.78, 5) is 33.7. The number of aliphatic carboxylic acids is 1. The highest BCUT2D eigenvalue weighted by atomic mass is 16.5. The van der Waals surface area contributed by atoms with Crippen molar-refractivity contribution in [2.75, 3.05) is 14.2 Å². The van der Waals surface area contributed by atoms with E-state index in [4.69, 9.17) is 14.6 Å². The van der Waals surface area contributed by atoms with Crippen molar-refractivity contribution in [1.82, 2.24) is 0 Å². The second-order valence-corrected chi connectivity index (χ2v) is 3.87. The number of carboxylic acids is 2. The van der Waals surface area contributed by atoms with Gasteiger partial charge in [-0.2, -0.15) is 0 Å². The highest BCUT2D eigenvalue weighted by molar-refractivity contribution is 6.08. The zero-order chi connectivity index (χ0) is 15.3. The molecule has 7 heteroatoms. The Labute approximate surface area is 114 Å². The molecule has 0 atom stereocenters. The zero-order valence-corrected chi connectivity index (χ0v) is 11.0. The van der Waals surface area contributed by atoms with Gasteiger partial charge in [0.1, 0.15) is 17.1 Å². The van der Waals surface area contributed by atoms with Crippen LogP contribution in [0.4, 0.5) is 0 Å². The minimum absolute atomic E-state index is 0.0180. The molecule has 0 aliphatic carbocycles. The lowest BCUT2D eigenvalue weighted by Gasteiger charge is -2.12. The summed E-state index contributed by atoms with van der Waals surface area (Å²) in [5.41, 5.74) is -0.432. The highest BCUT2D eigenvalue weighted by Gasteiger charge is 2.23. The molecule has 0 aromatic heterocycles. The van der Waals surface area contributed by atoms with Crippen molar-refractivity contribution in [2.24, 2.45) is 0 Å². The van der Waals surface area contributed by atoms with Crippen LogP contribution in [-0.2, 0) is 4.79 Å². The third-order valence-corrected chi connectivity index (χ3v) is 2.61. The van der Waals surface area contributed by atoms with Crippen LogP contribution in [0.5, 0.6) is 11.5 Å². The summed E-state index contributed by atoms with van der Waals surface area (Å²) in [6.45, 7) is 0. The fraction of sp³-hybridized carbons (Fsp3) is 0.308. The van der Waals surface area contributed by atoms with Crippen LogP contribution in [0.15, 0.2) is 12.1 Å². The molecule has 0 spiro atoms. The van der Waals surface area contributed by atoms with E-state index in [0.717, 1.165) is 0 Å². The highest BCUT2D eigenvalue weighted by Crippen LogP contribution is 2.29. The van der Waals surface area contributed by atoms with E-state index in [1.807, 2.05) is 0 Å². The molecule has 0 amide bonds. The van der Waals surface area contributed by atoms with Gasteiger partial charge in [-0.15, -0.1) is 0 Å². The summed E-state index contributed by atoms with van der Waals surface area (Å²) in [7, 11) is 2.63. The van der Waals surface area contributed by atoms with Crippen molar-refractivity contribution in [2.45, 2.75) is 12.8 Å². The number of carbonyl (C=O) groups excluding carboxylic acids is 1. The van der Waals surface area contributed by atoms with Crippen molar-refractivity contribution in [1.29, 1.82) is 0 Å². The number of rotatable bonds is 7. The summed E-state index contributed by atoms with van der Waals surface area (Å²) in [6, 6.07) is 2.60. The molecule has 0 aliphatic heterocycles. The van der Waals surface area contributed by atoms with Gasteiger partial charge >= 0.3 is 11.9 Å². The lowest BCUT2D eigenvalue weighted by molar-refractivity contribution is -0.136. The second-order valence-electron chi connectivity index (χ2n) is 3.87. The summed E-state index contributed by atoms with van der Waals surface area (Å²) >= 11 is 0. The van der Waals surface area contributed by atoms with Gasteiger partial charge in [0, 0.05) is 18.1 Å². The molecule has 0 unspecified atom stereocenters. The summed E-state index contributed by atoms with van der Waals surface area (Å²) < 4.78 is 9.90. The van der Waals surface area contributed by atoms with Crippen molar-refractivity contribution >= 4 is 17.7 Å². The molecule has 1 aromatic carbocycles. The van der Waals surface area contributed by atoms with Gasteiger partial charge in [0.15, 0.2) is 5.78 Å². The number of hydrogen-bond acceptors (Lipinski definition) is 5. The third-order valence-electron chi connectivity index (χ3n) is 2.61. The van der Waals surface area contributed by atoms with Crippen LogP contribution >= 0.6 is 0 Å². The first-order valence-electron chi connectivity index (χ1n) is 5.65. The number of ether oxygens (including phenoxy) is 2. The molecular weight excluding hydrogens is 268 g/mol. The first kappa shape index (κ1) is 15.5. The predicted molar refractivity (Wildman–Crippen MR) is 67.7 cm³/mol. The van der Waals surface area contributed by atoms with Crippen LogP contribution < -0.4 is 9.47 Å². The van der Waals surface area contributed by atoms with Crippen molar-refractivity contribution in [3.63, 3.8) is 0 Å². The Bertz CT molecular complexity index is 548. The number of ketones is 1. The molecule has 1 rings (SSSR count). The average molecular weight is 282 g/mol. The van der Waals surface area contributed by atoms with Crippen LogP contribution in [0, 0.1) is 0 Å². The maximum Gasteiger partial charge on any atom is 0.340 e. The van der Waals surface area contributed by atoms with Crippen molar-refractivity contribution < 1.29 is 34.1 Å². The molecule has 0 heterocycles. The fourth-order valence-electron chi connectivity index (χ4n) is 1.66. The van der Waals surface area contributed by atoms with Gasteiger partial charge < -0.3 is 19.7 Å². The maximum absolute atomic E-state index is 12.0. The van der Waals surface area contributed by atoms with Crippen LogP contribution in [0.2, 0.25) is 0 Å². The van der Waals surface area contributed by atoms with E-state index in [0.29, 0.717) is 0 Å². The molecule has 108 valence electrons. The van der Waals surface area contributed by atoms with Gasteiger partial charge in [-0.3, -0.25) is 9.59 Å². The van der Waals surface area contributed by atoms with Crippen molar-refractivity contribution in [3.05, 3.63) is 23.3 Å². The molecule has 7 nitrogen and oxygen atoms in total. The largest absolute Gasteiger partial charge is 0.497 e. The number of carbonyl (C=O) groups is 3. The van der Waals surface area contributed by atoms with Gasteiger partial charge in [-0.25, -0.2) is 4.79 Å². The summed E-state index contributed by atoms with van der Waals surface area (Å²) in [5.74, 6) is -2.82. The van der Waals surface area contributed by atoms with E-state index in [1.165, 1.54) is 26.4 Å². The Hall–Kier alpha value is -2.57. The molecule has 0 radical (unpaired) electrons. The van der Waals surface area contributed by atoms with E-state index in [-0.39, 0.29) is 35.5 Å². The molecule has 2 N–H and O–H groups in total. The summed E-state index contributed by atoms with van der Waals surface area (Å²) in [6.07, 6.45) is -0.677. The second kappa shape index (κ2) is 6.55. The molecule has 0 saturated heterocycles. The Morgan fingerprint density at radius 1 is 1.05 bits per heavy atom. The number of hydrogen-bond donors (Lipinski definition) is 2. The van der Waals surface area contributed by atoms with E-state index in [2.05, 4.69) is 0 Å². The van der Waals surface area contributed by atoms with Gasteiger partial charge in [-0.1, -0.05) is 0 Å². The van der Waals surface area contributed by atoms with Gasteiger partial charge in [-0.05, 0) is 6.07 Å². The van der Waals surface area contributed by atoms with Crippen LogP contribution in [0.3, 0.4) is 0 Å². The smallest absolute Gasteiger partial charge is 0.340 e. The Balaban J connectivity index is 3.30. The van der Waals surface area contributed by atoms with Crippen LogP contribution in [0.1, 0.15) is 33.6 Å². The van der Waals surface area contributed by atoms with Gasteiger partial charge in [0.25, 0.3) is 0 Å². The van der Waals surface area contributed by atoms with Gasteiger partial charge in [0.2, 0.25) is 0 Å². The Morgan fingerprint density at radius 3 is 2.15 bits per heavy atom. The number of Topliss-reactive ketones (excluding diaryl/α,β-unsaturated/α-hetero) is 1. The Kier molecular flexibility index (Phi) is 5.08. The Morgan fingerprint density at radius 2 is 1.70 bits per heavy atom. The normalized spacial score (nSPS) is 9.90. The minimum atomic E-state index is -1.33. The van der Waals surface area contributed by atoms with Crippen LogP contribution in [-0.4, -0.2) is 42.2 Å². The topological polar surface area (TPSA) is 110 Å². The van der Waals surface area contributed by atoms with Crippen LogP contribution in [0.25, 0.3) is 0 Å². The van der Waals surface area contributed by atoms with E-state index >= 15 is 0 Å². The minimum Gasteiger partial charge on any atom is -0.497 e. The van der Waals surface area contributed by atoms with Gasteiger partial charge in [0.05, 0.1) is 20.6 Å². The predicted octanol–water partition coefficient (Wildman–Crippen LogP) is 1.45. The fourth-order valence-corrected chi connectivity index (χ4v) is 1.66. The zero-order valence-electron chi connectivity index (χ0n) is 11.0. The monoisotopic (exact) mass is 282 g/mol. The first-order chi connectivity index (χ1) is 9.40. The molecule has 0 aliphatic rings. The number of benzene rings is 1. The summed E-state index contributed by atoms with van der Waals surface area (Å²) in [5, 5.41) is 17.7. The quantitative estimate of drug-likeness (QED) is 0.728. The maximum atomic E-state index is 12.0. The molecular formula is C13H14O7.